The first kappa shape index (κ1) is 14.6. The number of amides is 1. The van der Waals surface area contributed by atoms with E-state index in [2.05, 4.69) is 37.2 Å². The highest BCUT2D eigenvalue weighted by Gasteiger charge is 2.51. The maximum absolute atomic E-state index is 12.7. The zero-order valence-electron chi connectivity index (χ0n) is 11.2. The number of hydrogen-bond acceptors (Lipinski definition) is 2. The van der Waals surface area contributed by atoms with Crippen molar-refractivity contribution in [1.29, 1.82) is 0 Å². The summed E-state index contributed by atoms with van der Waals surface area (Å²) in [5.41, 5.74) is 7.82. The van der Waals surface area contributed by atoms with Crippen molar-refractivity contribution in [3.05, 3.63) is 57.0 Å². The van der Waals surface area contributed by atoms with Gasteiger partial charge in [-0.25, -0.2) is 0 Å². The van der Waals surface area contributed by atoms with Gasteiger partial charge in [-0.3, -0.25) is 4.79 Å². The Kier molecular flexibility index (Phi) is 3.80. The number of halogens is 2. The highest BCUT2D eigenvalue weighted by atomic mass is 79.9. The van der Waals surface area contributed by atoms with Crippen LogP contribution in [-0.2, 0) is 10.2 Å². The van der Waals surface area contributed by atoms with Crippen molar-refractivity contribution in [1.82, 2.24) is 0 Å². The monoisotopic (exact) mass is 408 g/mol. The van der Waals surface area contributed by atoms with Crippen LogP contribution in [0.1, 0.15) is 18.4 Å². The van der Waals surface area contributed by atoms with Gasteiger partial charge in [0.15, 0.2) is 0 Å². The van der Waals surface area contributed by atoms with Gasteiger partial charge in [0.05, 0.1) is 11.1 Å². The summed E-state index contributed by atoms with van der Waals surface area (Å²) in [4.78, 5) is 12.7. The molecule has 0 saturated heterocycles. The van der Waals surface area contributed by atoms with E-state index in [-0.39, 0.29) is 5.91 Å². The van der Waals surface area contributed by atoms with E-state index in [0.29, 0.717) is 5.69 Å². The molecule has 0 heterocycles. The van der Waals surface area contributed by atoms with Gasteiger partial charge < -0.3 is 11.1 Å². The fourth-order valence-electron chi connectivity index (χ4n) is 2.41. The standard InChI is InChI=1S/C16H14Br2N2O/c17-11-3-6-13(18)14(9-11)20-15(21)16(7-8-16)10-1-4-12(19)5-2-10/h1-6,9H,7-8,19H2,(H,20,21). The summed E-state index contributed by atoms with van der Waals surface area (Å²) in [7, 11) is 0. The molecule has 0 aliphatic heterocycles. The Morgan fingerprint density at radius 1 is 1.10 bits per heavy atom. The molecule has 1 saturated carbocycles. The van der Waals surface area contributed by atoms with Crippen molar-refractivity contribution >= 4 is 49.1 Å². The maximum Gasteiger partial charge on any atom is 0.235 e. The first-order chi connectivity index (χ1) is 10.0. The molecular formula is C16H14Br2N2O. The summed E-state index contributed by atoms with van der Waals surface area (Å²) >= 11 is 6.88. The second kappa shape index (κ2) is 5.46. The van der Waals surface area contributed by atoms with E-state index < -0.39 is 5.41 Å². The van der Waals surface area contributed by atoms with Crippen LogP contribution in [0.5, 0.6) is 0 Å². The summed E-state index contributed by atoms with van der Waals surface area (Å²) in [6, 6.07) is 13.3. The van der Waals surface area contributed by atoms with Crippen molar-refractivity contribution in [2.45, 2.75) is 18.3 Å². The first-order valence-corrected chi connectivity index (χ1v) is 8.22. The molecule has 0 atom stereocenters. The van der Waals surface area contributed by atoms with E-state index >= 15 is 0 Å². The molecule has 1 fully saturated rings. The molecule has 1 aliphatic carbocycles. The molecule has 21 heavy (non-hydrogen) atoms. The number of nitrogens with one attached hydrogen (secondary N) is 1. The Morgan fingerprint density at radius 2 is 1.76 bits per heavy atom. The average molecular weight is 410 g/mol. The van der Waals surface area contributed by atoms with Crippen LogP contribution < -0.4 is 11.1 Å². The molecule has 3 N–H and O–H groups in total. The van der Waals surface area contributed by atoms with Crippen molar-refractivity contribution in [3.63, 3.8) is 0 Å². The van der Waals surface area contributed by atoms with E-state index in [9.17, 15) is 4.79 Å². The van der Waals surface area contributed by atoms with Gasteiger partial charge in [0.25, 0.3) is 0 Å². The van der Waals surface area contributed by atoms with Gasteiger partial charge in [0.2, 0.25) is 5.91 Å². The lowest BCUT2D eigenvalue weighted by Gasteiger charge is -2.17. The lowest BCUT2D eigenvalue weighted by atomic mass is 9.94. The quantitative estimate of drug-likeness (QED) is 0.735. The average Bonchev–Trinajstić information content (AvgIpc) is 3.25. The first-order valence-electron chi connectivity index (χ1n) is 6.64. The van der Waals surface area contributed by atoms with Gasteiger partial charge in [0, 0.05) is 14.6 Å². The molecule has 0 aromatic heterocycles. The molecule has 3 rings (SSSR count). The summed E-state index contributed by atoms with van der Waals surface area (Å²) in [5.74, 6) is 0.0334. The van der Waals surface area contributed by atoms with Crippen LogP contribution in [0, 0.1) is 0 Å². The predicted octanol–water partition coefficient (Wildman–Crippen LogP) is 4.46. The molecule has 1 amide bonds. The Bertz CT molecular complexity index is 694. The van der Waals surface area contributed by atoms with Crippen LogP contribution in [0.15, 0.2) is 51.4 Å². The number of benzene rings is 2. The van der Waals surface area contributed by atoms with Crippen molar-refractivity contribution < 1.29 is 4.79 Å². The van der Waals surface area contributed by atoms with Gasteiger partial charge in [0.1, 0.15) is 0 Å². The van der Waals surface area contributed by atoms with E-state index in [0.717, 1.165) is 33.0 Å². The minimum atomic E-state index is -0.407. The van der Waals surface area contributed by atoms with E-state index in [1.807, 2.05) is 42.5 Å². The topological polar surface area (TPSA) is 55.1 Å². The second-order valence-electron chi connectivity index (χ2n) is 5.28. The Balaban J connectivity index is 1.85. The van der Waals surface area contributed by atoms with Crippen LogP contribution in [0.25, 0.3) is 0 Å². The normalized spacial score (nSPS) is 15.5. The van der Waals surface area contributed by atoms with Crippen molar-refractivity contribution in [3.8, 4) is 0 Å². The molecule has 1 aliphatic rings. The van der Waals surface area contributed by atoms with Crippen LogP contribution in [0.4, 0.5) is 11.4 Å². The van der Waals surface area contributed by atoms with E-state index in [1.165, 1.54) is 0 Å². The van der Waals surface area contributed by atoms with Gasteiger partial charge in [-0.15, -0.1) is 0 Å². The molecule has 0 unspecified atom stereocenters. The number of nitrogen functional groups attached to an aromatic ring is 1. The SMILES string of the molecule is Nc1ccc(C2(C(=O)Nc3cc(Br)ccc3Br)CC2)cc1. The van der Waals surface area contributed by atoms with Crippen LogP contribution in [0.2, 0.25) is 0 Å². The zero-order chi connectivity index (χ0) is 15.0. The fraction of sp³-hybridized carbons (Fsp3) is 0.188. The third-order valence-electron chi connectivity index (χ3n) is 3.82. The minimum Gasteiger partial charge on any atom is -0.399 e. The Hall–Kier alpha value is -1.33. The zero-order valence-corrected chi connectivity index (χ0v) is 14.4. The van der Waals surface area contributed by atoms with Crippen molar-refractivity contribution in [2.24, 2.45) is 0 Å². The van der Waals surface area contributed by atoms with Crippen LogP contribution >= 0.6 is 31.9 Å². The highest BCUT2D eigenvalue weighted by molar-refractivity contribution is 9.11. The molecule has 5 heteroatoms. The molecule has 2 aromatic rings. The molecule has 2 aromatic carbocycles. The fourth-order valence-corrected chi connectivity index (χ4v) is 3.12. The van der Waals surface area contributed by atoms with Gasteiger partial charge >= 0.3 is 0 Å². The third-order valence-corrected chi connectivity index (χ3v) is 5.01. The number of carbonyl (C=O) groups excluding carboxylic acids is 1. The maximum atomic E-state index is 12.7. The number of anilines is 2. The van der Waals surface area contributed by atoms with Crippen LogP contribution in [-0.4, -0.2) is 5.91 Å². The lowest BCUT2D eigenvalue weighted by Crippen LogP contribution is -2.28. The number of nitrogens with two attached hydrogens (primary N) is 1. The largest absolute Gasteiger partial charge is 0.399 e. The summed E-state index contributed by atoms with van der Waals surface area (Å²) in [6.45, 7) is 0. The smallest absolute Gasteiger partial charge is 0.235 e. The lowest BCUT2D eigenvalue weighted by molar-refractivity contribution is -0.118. The number of rotatable bonds is 3. The molecule has 0 radical (unpaired) electrons. The third kappa shape index (κ3) is 2.85. The highest BCUT2D eigenvalue weighted by Crippen LogP contribution is 2.49. The van der Waals surface area contributed by atoms with Gasteiger partial charge in [-0.05, 0) is 64.7 Å². The Morgan fingerprint density at radius 3 is 2.38 bits per heavy atom. The molecule has 0 bridgehead atoms. The number of hydrogen-bond donors (Lipinski definition) is 2. The minimum absolute atomic E-state index is 0.0334. The molecule has 0 spiro atoms. The second-order valence-corrected chi connectivity index (χ2v) is 7.05. The molecular weight excluding hydrogens is 396 g/mol. The Labute approximate surface area is 140 Å². The van der Waals surface area contributed by atoms with E-state index in [4.69, 9.17) is 5.73 Å². The summed E-state index contributed by atoms with van der Waals surface area (Å²) < 4.78 is 1.80. The number of carbonyl (C=O) groups is 1. The summed E-state index contributed by atoms with van der Waals surface area (Å²) in [5, 5.41) is 3.02. The molecule has 3 nitrogen and oxygen atoms in total. The summed E-state index contributed by atoms with van der Waals surface area (Å²) in [6.07, 6.45) is 1.74. The van der Waals surface area contributed by atoms with Gasteiger partial charge in [-0.2, -0.15) is 0 Å². The van der Waals surface area contributed by atoms with E-state index in [1.54, 1.807) is 0 Å². The predicted molar refractivity (Wildman–Crippen MR) is 92.2 cm³/mol. The van der Waals surface area contributed by atoms with Gasteiger partial charge in [-0.1, -0.05) is 28.1 Å². The molecule has 108 valence electrons. The van der Waals surface area contributed by atoms with Crippen LogP contribution in [0.3, 0.4) is 0 Å². The van der Waals surface area contributed by atoms with Crippen molar-refractivity contribution in [2.75, 3.05) is 11.1 Å².